The largest absolute Gasteiger partial charge is 0.450 e. The maximum absolute atomic E-state index is 12.2. The summed E-state index contributed by atoms with van der Waals surface area (Å²) in [5.74, 6) is -1.68. The highest BCUT2D eigenvalue weighted by Crippen LogP contribution is 2.29. The third-order valence-corrected chi connectivity index (χ3v) is 3.69. The molecule has 1 aromatic heterocycles. The Bertz CT molecular complexity index is 956. The molecule has 2 aromatic carbocycles. The summed E-state index contributed by atoms with van der Waals surface area (Å²) >= 11 is 5.80. The highest BCUT2D eigenvalue weighted by Gasteiger charge is 2.16. The Morgan fingerprint density at radius 3 is 2.63 bits per heavy atom. The lowest BCUT2D eigenvalue weighted by Gasteiger charge is -2.09. The van der Waals surface area contributed by atoms with Crippen LogP contribution in [-0.4, -0.2) is 25.1 Å². The molecule has 0 aliphatic carbocycles. The van der Waals surface area contributed by atoms with Crippen molar-refractivity contribution in [3.05, 3.63) is 59.3 Å². The first-order valence-electron chi connectivity index (χ1n) is 7.62. The van der Waals surface area contributed by atoms with Crippen LogP contribution in [0.25, 0.3) is 11.0 Å². The number of benzene rings is 2. The number of ether oxygens (including phenoxy) is 2. The molecule has 0 aliphatic rings. The summed E-state index contributed by atoms with van der Waals surface area (Å²) in [6, 6.07) is 12.3. The van der Waals surface area contributed by atoms with Gasteiger partial charge in [0.1, 0.15) is 11.3 Å². The maximum Gasteiger partial charge on any atom is 0.387 e. The number of halogens is 3. The van der Waals surface area contributed by atoms with Crippen LogP contribution in [0.1, 0.15) is 10.6 Å². The van der Waals surface area contributed by atoms with Gasteiger partial charge in [-0.05, 0) is 30.3 Å². The quantitative estimate of drug-likeness (QED) is 0.622. The number of anilines is 1. The Balaban J connectivity index is 1.56. The van der Waals surface area contributed by atoms with Crippen molar-refractivity contribution in [3.8, 4) is 5.75 Å². The monoisotopic (exact) mass is 395 g/mol. The number of carbonyl (C=O) groups excluding carboxylic acids is 2. The zero-order valence-corrected chi connectivity index (χ0v) is 14.3. The van der Waals surface area contributed by atoms with Crippen LogP contribution in [-0.2, 0) is 9.53 Å². The summed E-state index contributed by atoms with van der Waals surface area (Å²) in [7, 11) is 0. The molecule has 0 unspecified atom stereocenters. The summed E-state index contributed by atoms with van der Waals surface area (Å²) < 4.78 is 38.8. The number of esters is 1. The van der Waals surface area contributed by atoms with E-state index in [2.05, 4.69) is 10.1 Å². The Kier molecular flexibility index (Phi) is 5.56. The number of fused-ring (bicyclic) bond motifs is 1. The smallest absolute Gasteiger partial charge is 0.387 e. The van der Waals surface area contributed by atoms with Crippen LogP contribution in [0, 0.1) is 0 Å². The van der Waals surface area contributed by atoms with Crippen LogP contribution in [0.15, 0.2) is 52.9 Å². The molecule has 0 radical (unpaired) electrons. The van der Waals surface area contributed by atoms with Crippen molar-refractivity contribution in [1.82, 2.24) is 0 Å². The van der Waals surface area contributed by atoms with Crippen molar-refractivity contribution in [2.24, 2.45) is 0 Å². The lowest BCUT2D eigenvalue weighted by Crippen LogP contribution is -2.20. The fraction of sp³-hybridized carbons (Fsp3) is 0.111. The van der Waals surface area contributed by atoms with E-state index in [0.29, 0.717) is 5.58 Å². The fourth-order valence-electron chi connectivity index (χ4n) is 2.25. The van der Waals surface area contributed by atoms with Crippen molar-refractivity contribution >= 4 is 40.1 Å². The van der Waals surface area contributed by atoms with Crippen molar-refractivity contribution in [1.29, 1.82) is 0 Å². The second-order valence-corrected chi connectivity index (χ2v) is 5.70. The molecule has 1 amide bonds. The standard InChI is InChI=1S/C18H12ClF2NO5/c19-12-8-11(5-6-14(12)27-18(20)21)22-16(23)9-25-17(24)15-7-10-3-1-2-4-13(10)26-15/h1-8,18H,9H2,(H,22,23). The van der Waals surface area contributed by atoms with Gasteiger partial charge >= 0.3 is 12.6 Å². The fourth-order valence-corrected chi connectivity index (χ4v) is 2.48. The van der Waals surface area contributed by atoms with Crippen LogP contribution in [0.2, 0.25) is 5.02 Å². The minimum absolute atomic E-state index is 0.0273. The van der Waals surface area contributed by atoms with Crippen molar-refractivity contribution in [2.45, 2.75) is 6.61 Å². The number of hydrogen-bond acceptors (Lipinski definition) is 5. The molecule has 0 atom stereocenters. The molecule has 0 aliphatic heterocycles. The lowest BCUT2D eigenvalue weighted by atomic mass is 10.2. The number of rotatable bonds is 6. The van der Waals surface area contributed by atoms with Crippen LogP contribution < -0.4 is 10.1 Å². The Labute approximate surface area is 156 Å². The molecule has 0 saturated carbocycles. The van der Waals surface area contributed by atoms with E-state index in [1.165, 1.54) is 24.3 Å². The number of alkyl halides is 2. The predicted molar refractivity (Wildman–Crippen MR) is 93.2 cm³/mol. The molecule has 140 valence electrons. The van der Waals surface area contributed by atoms with E-state index in [1.807, 2.05) is 0 Å². The van der Waals surface area contributed by atoms with Gasteiger partial charge < -0.3 is 19.2 Å². The molecule has 3 aromatic rings. The van der Waals surface area contributed by atoms with Crippen molar-refractivity contribution in [2.75, 3.05) is 11.9 Å². The van der Waals surface area contributed by atoms with Gasteiger partial charge in [0, 0.05) is 11.1 Å². The number of amides is 1. The summed E-state index contributed by atoms with van der Waals surface area (Å²) in [4.78, 5) is 23.8. The molecule has 0 bridgehead atoms. The van der Waals surface area contributed by atoms with Gasteiger partial charge in [-0.2, -0.15) is 8.78 Å². The number of para-hydroxylation sites is 1. The van der Waals surface area contributed by atoms with Gasteiger partial charge in [0.2, 0.25) is 5.76 Å². The molecular formula is C18H12ClF2NO5. The number of carbonyl (C=O) groups is 2. The Morgan fingerprint density at radius 1 is 1.15 bits per heavy atom. The summed E-state index contributed by atoms with van der Waals surface area (Å²) in [6.07, 6.45) is 0. The zero-order chi connectivity index (χ0) is 19.4. The first-order valence-corrected chi connectivity index (χ1v) is 8.00. The number of furan rings is 1. The first kappa shape index (κ1) is 18.7. The van der Waals surface area contributed by atoms with E-state index in [-0.39, 0.29) is 22.2 Å². The minimum Gasteiger partial charge on any atom is -0.450 e. The number of nitrogens with one attached hydrogen (secondary N) is 1. The van der Waals surface area contributed by atoms with E-state index >= 15 is 0 Å². The van der Waals surface area contributed by atoms with Gasteiger partial charge in [0.15, 0.2) is 6.61 Å². The highest BCUT2D eigenvalue weighted by atomic mass is 35.5. The van der Waals surface area contributed by atoms with Gasteiger partial charge in [-0.3, -0.25) is 4.79 Å². The SMILES string of the molecule is O=C(COC(=O)c1cc2ccccc2o1)Nc1ccc(OC(F)F)c(Cl)c1. The third-order valence-electron chi connectivity index (χ3n) is 3.39. The van der Waals surface area contributed by atoms with E-state index in [0.717, 1.165) is 5.39 Å². The van der Waals surface area contributed by atoms with E-state index in [4.69, 9.17) is 20.8 Å². The predicted octanol–water partition coefficient (Wildman–Crippen LogP) is 4.48. The maximum atomic E-state index is 12.2. The van der Waals surface area contributed by atoms with Gasteiger partial charge in [0.05, 0.1) is 5.02 Å². The average molecular weight is 396 g/mol. The van der Waals surface area contributed by atoms with Crippen LogP contribution in [0.3, 0.4) is 0 Å². The molecule has 1 N–H and O–H groups in total. The summed E-state index contributed by atoms with van der Waals surface area (Å²) in [5.41, 5.74) is 0.751. The Hall–Kier alpha value is -3.13. The minimum atomic E-state index is -3.01. The molecule has 3 rings (SSSR count). The van der Waals surface area contributed by atoms with Crippen LogP contribution >= 0.6 is 11.6 Å². The Morgan fingerprint density at radius 2 is 1.93 bits per heavy atom. The topological polar surface area (TPSA) is 77.8 Å². The summed E-state index contributed by atoms with van der Waals surface area (Å²) in [6.45, 7) is -3.58. The molecule has 0 spiro atoms. The van der Waals surface area contributed by atoms with E-state index in [1.54, 1.807) is 24.3 Å². The molecule has 27 heavy (non-hydrogen) atoms. The van der Waals surface area contributed by atoms with Gasteiger partial charge in [-0.15, -0.1) is 0 Å². The van der Waals surface area contributed by atoms with Gasteiger partial charge in [-0.1, -0.05) is 29.8 Å². The first-order chi connectivity index (χ1) is 12.9. The molecule has 0 fully saturated rings. The van der Waals surface area contributed by atoms with E-state index < -0.39 is 25.1 Å². The van der Waals surface area contributed by atoms with Crippen LogP contribution in [0.4, 0.5) is 14.5 Å². The van der Waals surface area contributed by atoms with Crippen molar-refractivity contribution in [3.63, 3.8) is 0 Å². The molecular weight excluding hydrogens is 384 g/mol. The lowest BCUT2D eigenvalue weighted by molar-refractivity contribution is -0.119. The van der Waals surface area contributed by atoms with Crippen molar-refractivity contribution < 1.29 is 32.3 Å². The number of hydrogen-bond donors (Lipinski definition) is 1. The molecule has 1 heterocycles. The normalized spacial score (nSPS) is 10.8. The van der Waals surface area contributed by atoms with Gasteiger partial charge in [-0.25, -0.2) is 4.79 Å². The van der Waals surface area contributed by atoms with Gasteiger partial charge in [0.25, 0.3) is 5.91 Å². The van der Waals surface area contributed by atoms with E-state index in [9.17, 15) is 18.4 Å². The highest BCUT2D eigenvalue weighted by molar-refractivity contribution is 6.32. The van der Waals surface area contributed by atoms with Crippen LogP contribution in [0.5, 0.6) is 5.75 Å². The second kappa shape index (κ2) is 8.05. The molecule has 0 saturated heterocycles. The average Bonchev–Trinajstić information content (AvgIpc) is 3.06. The summed E-state index contributed by atoms with van der Waals surface area (Å²) in [5, 5.41) is 3.05. The third kappa shape index (κ3) is 4.73. The molecule has 6 nitrogen and oxygen atoms in total. The second-order valence-electron chi connectivity index (χ2n) is 5.30. The zero-order valence-electron chi connectivity index (χ0n) is 13.6. The molecule has 9 heteroatoms.